The molecule has 0 bridgehead atoms. The lowest BCUT2D eigenvalue weighted by Gasteiger charge is -2.21. The summed E-state index contributed by atoms with van der Waals surface area (Å²) < 4.78 is 6.25. The quantitative estimate of drug-likeness (QED) is 0.776. The van der Waals surface area contributed by atoms with Crippen molar-refractivity contribution in [2.45, 2.75) is 19.4 Å². The highest BCUT2D eigenvalue weighted by atomic mass is 79.9. The Morgan fingerprint density at radius 2 is 2.14 bits per heavy atom. The van der Waals surface area contributed by atoms with Crippen LogP contribution in [-0.2, 0) is 20.9 Å². The molecule has 0 heterocycles. The van der Waals surface area contributed by atoms with Crippen molar-refractivity contribution in [3.63, 3.8) is 0 Å². The summed E-state index contributed by atoms with van der Waals surface area (Å²) in [7, 11) is 0. The van der Waals surface area contributed by atoms with E-state index in [1.807, 2.05) is 24.3 Å². The smallest absolute Gasteiger partial charge is 0.323 e. The normalized spacial score (nSPS) is 14.0. The zero-order valence-corrected chi connectivity index (χ0v) is 13.2. The maximum absolute atomic E-state index is 12.1. The first-order valence-corrected chi connectivity index (χ1v) is 7.65. The molecular weight excluding hydrogens is 338 g/mol. The zero-order valence-electron chi connectivity index (χ0n) is 11.6. The molecule has 0 aliphatic heterocycles. The first kappa shape index (κ1) is 16.0. The Morgan fingerprint density at radius 1 is 1.38 bits per heavy atom. The van der Waals surface area contributed by atoms with Gasteiger partial charge in [-0.15, -0.1) is 0 Å². The van der Waals surface area contributed by atoms with Crippen LogP contribution in [-0.4, -0.2) is 41.6 Å². The lowest BCUT2D eigenvalue weighted by molar-refractivity contribution is -0.147. The first-order chi connectivity index (χ1) is 10.0. The zero-order chi connectivity index (χ0) is 15.2. The van der Waals surface area contributed by atoms with E-state index in [-0.39, 0.29) is 25.6 Å². The molecule has 6 heteroatoms. The van der Waals surface area contributed by atoms with E-state index in [2.05, 4.69) is 15.9 Å². The van der Waals surface area contributed by atoms with Gasteiger partial charge in [0.15, 0.2) is 0 Å². The monoisotopic (exact) mass is 355 g/mol. The number of benzene rings is 1. The minimum Gasteiger partial charge on any atom is -0.480 e. The number of hydrogen-bond donors (Lipinski definition) is 1. The molecule has 0 spiro atoms. The van der Waals surface area contributed by atoms with E-state index < -0.39 is 5.97 Å². The number of hydrogen-bond acceptors (Lipinski definition) is 3. The summed E-state index contributed by atoms with van der Waals surface area (Å²) in [5.74, 6) is -0.741. The highest BCUT2D eigenvalue weighted by Crippen LogP contribution is 2.28. The lowest BCUT2D eigenvalue weighted by atomic mass is 10.2. The fourth-order valence-corrected chi connectivity index (χ4v) is 2.39. The number of rotatable bonds is 8. The number of amides is 1. The molecule has 0 radical (unpaired) electrons. The van der Waals surface area contributed by atoms with Gasteiger partial charge in [0.1, 0.15) is 13.2 Å². The van der Waals surface area contributed by atoms with Crippen molar-refractivity contribution in [2.75, 3.05) is 19.8 Å². The third-order valence-corrected chi connectivity index (χ3v) is 3.71. The van der Waals surface area contributed by atoms with Crippen molar-refractivity contribution in [2.24, 2.45) is 5.92 Å². The third-order valence-electron chi connectivity index (χ3n) is 3.22. The molecule has 0 saturated heterocycles. The van der Waals surface area contributed by atoms with Crippen LogP contribution in [0, 0.1) is 5.92 Å². The van der Waals surface area contributed by atoms with Crippen LogP contribution < -0.4 is 0 Å². The molecule has 0 aromatic heterocycles. The minimum absolute atomic E-state index is 0.0578. The summed E-state index contributed by atoms with van der Waals surface area (Å²) in [6.45, 7) is 0.469. The van der Waals surface area contributed by atoms with Crippen LogP contribution >= 0.6 is 15.9 Å². The van der Waals surface area contributed by atoms with Gasteiger partial charge in [-0.25, -0.2) is 0 Å². The SMILES string of the molecule is O=C(O)CN(Cc1cccc(Br)c1)C(=O)COCC1CC1. The van der Waals surface area contributed by atoms with Crippen molar-refractivity contribution >= 4 is 27.8 Å². The summed E-state index contributed by atoms with van der Waals surface area (Å²) in [6.07, 6.45) is 2.32. The molecule has 0 unspecified atom stereocenters. The van der Waals surface area contributed by atoms with Gasteiger partial charge < -0.3 is 14.7 Å². The van der Waals surface area contributed by atoms with Gasteiger partial charge in [0.2, 0.25) is 5.91 Å². The number of carbonyl (C=O) groups is 2. The van der Waals surface area contributed by atoms with Gasteiger partial charge in [-0.2, -0.15) is 0 Å². The van der Waals surface area contributed by atoms with Crippen LogP contribution in [0.1, 0.15) is 18.4 Å². The molecular formula is C15H18BrNO4. The average Bonchev–Trinajstić information content (AvgIpc) is 3.21. The largest absolute Gasteiger partial charge is 0.480 e. The average molecular weight is 356 g/mol. The van der Waals surface area contributed by atoms with Gasteiger partial charge in [-0.3, -0.25) is 9.59 Å². The Kier molecular flexibility index (Phi) is 5.76. The number of carbonyl (C=O) groups excluding carboxylic acids is 1. The van der Waals surface area contributed by atoms with Gasteiger partial charge in [-0.05, 0) is 36.5 Å². The Balaban J connectivity index is 1.91. The molecule has 114 valence electrons. The predicted molar refractivity (Wildman–Crippen MR) is 80.7 cm³/mol. The second kappa shape index (κ2) is 7.56. The molecule has 0 atom stereocenters. The van der Waals surface area contributed by atoms with Gasteiger partial charge in [-0.1, -0.05) is 28.1 Å². The second-order valence-electron chi connectivity index (χ2n) is 5.23. The molecule has 1 saturated carbocycles. The molecule has 1 aromatic carbocycles. The van der Waals surface area contributed by atoms with Crippen LogP contribution in [0.3, 0.4) is 0 Å². The number of carboxylic acids is 1. The van der Waals surface area contributed by atoms with E-state index in [1.165, 1.54) is 4.90 Å². The molecule has 1 amide bonds. The second-order valence-corrected chi connectivity index (χ2v) is 6.15. The molecule has 1 aliphatic rings. The number of nitrogens with zero attached hydrogens (tertiary/aromatic N) is 1. The van der Waals surface area contributed by atoms with E-state index in [4.69, 9.17) is 9.84 Å². The summed E-state index contributed by atoms with van der Waals surface area (Å²) in [5.41, 5.74) is 0.876. The topological polar surface area (TPSA) is 66.8 Å². The number of carboxylic acid groups (broad SMARTS) is 1. The van der Waals surface area contributed by atoms with Crippen molar-refractivity contribution in [1.82, 2.24) is 4.90 Å². The first-order valence-electron chi connectivity index (χ1n) is 6.86. The van der Waals surface area contributed by atoms with E-state index in [0.29, 0.717) is 12.5 Å². The fraction of sp³-hybridized carbons (Fsp3) is 0.467. The van der Waals surface area contributed by atoms with E-state index in [1.54, 1.807) is 0 Å². The van der Waals surface area contributed by atoms with Crippen LogP contribution in [0.4, 0.5) is 0 Å². The maximum atomic E-state index is 12.1. The van der Waals surface area contributed by atoms with Gasteiger partial charge >= 0.3 is 5.97 Å². The van der Waals surface area contributed by atoms with Gasteiger partial charge in [0.25, 0.3) is 0 Å². The Hall–Kier alpha value is -1.40. The molecule has 2 rings (SSSR count). The summed E-state index contributed by atoms with van der Waals surface area (Å²) >= 11 is 3.36. The molecule has 1 aliphatic carbocycles. The molecule has 5 nitrogen and oxygen atoms in total. The number of halogens is 1. The van der Waals surface area contributed by atoms with E-state index in [0.717, 1.165) is 22.9 Å². The minimum atomic E-state index is -1.03. The van der Waals surface area contributed by atoms with Gasteiger partial charge in [0, 0.05) is 11.0 Å². The highest BCUT2D eigenvalue weighted by Gasteiger charge is 2.23. The summed E-state index contributed by atoms with van der Waals surface area (Å²) in [4.78, 5) is 24.3. The van der Waals surface area contributed by atoms with Crippen molar-refractivity contribution in [3.05, 3.63) is 34.3 Å². The van der Waals surface area contributed by atoms with Gasteiger partial charge in [0.05, 0.1) is 6.61 Å². The van der Waals surface area contributed by atoms with Crippen LogP contribution in [0.2, 0.25) is 0 Å². The van der Waals surface area contributed by atoms with Crippen molar-refractivity contribution in [1.29, 1.82) is 0 Å². The van der Waals surface area contributed by atoms with Crippen molar-refractivity contribution < 1.29 is 19.4 Å². The molecule has 1 aromatic rings. The van der Waals surface area contributed by atoms with E-state index >= 15 is 0 Å². The number of ether oxygens (including phenoxy) is 1. The maximum Gasteiger partial charge on any atom is 0.323 e. The fourth-order valence-electron chi connectivity index (χ4n) is 1.94. The highest BCUT2D eigenvalue weighted by molar-refractivity contribution is 9.10. The Bertz CT molecular complexity index is 516. The third kappa shape index (κ3) is 5.85. The predicted octanol–water partition coefficient (Wildman–Crippen LogP) is 2.29. The van der Waals surface area contributed by atoms with Crippen molar-refractivity contribution in [3.8, 4) is 0 Å². The summed E-state index contributed by atoms with van der Waals surface area (Å²) in [6, 6.07) is 7.46. The molecule has 1 fully saturated rings. The van der Waals surface area contributed by atoms with E-state index in [9.17, 15) is 9.59 Å². The van der Waals surface area contributed by atoms with Crippen LogP contribution in [0.25, 0.3) is 0 Å². The number of aliphatic carboxylic acids is 1. The lowest BCUT2D eigenvalue weighted by Crippen LogP contribution is -2.37. The Labute approximate surface area is 132 Å². The summed E-state index contributed by atoms with van der Waals surface area (Å²) in [5, 5.41) is 8.95. The standard InChI is InChI=1S/C15H18BrNO4/c16-13-3-1-2-12(6-13)7-17(8-15(19)20)14(18)10-21-9-11-4-5-11/h1-3,6,11H,4-5,7-10H2,(H,19,20). The molecule has 21 heavy (non-hydrogen) atoms. The van der Waals surface area contributed by atoms with Crippen LogP contribution in [0.15, 0.2) is 28.7 Å². The van der Waals surface area contributed by atoms with Crippen LogP contribution in [0.5, 0.6) is 0 Å². The Morgan fingerprint density at radius 3 is 2.76 bits per heavy atom. The molecule has 1 N–H and O–H groups in total.